The second-order valence-electron chi connectivity index (χ2n) is 5.69. The molecule has 1 aromatic rings. The Hall–Kier alpha value is -1.71. The first-order valence-corrected chi connectivity index (χ1v) is 7.64. The van der Waals surface area contributed by atoms with Gasteiger partial charge in [0.05, 0.1) is 7.11 Å². The molecular formula is C17H29N3O. The van der Waals surface area contributed by atoms with E-state index in [4.69, 9.17) is 4.74 Å². The number of hydrogen-bond donors (Lipinski definition) is 2. The van der Waals surface area contributed by atoms with Crippen LogP contribution < -0.4 is 15.4 Å². The van der Waals surface area contributed by atoms with E-state index < -0.39 is 0 Å². The van der Waals surface area contributed by atoms with Gasteiger partial charge in [-0.15, -0.1) is 0 Å². The molecule has 0 bridgehead atoms. The SMILES string of the molecule is CN=C(NCCCC(C)C)NCc1ccc(C)c(OC)c1. The van der Waals surface area contributed by atoms with Gasteiger partial charge in [0.1, 0.15) is 5.75 Å². The third-order valence-corrected chi connectivity index (χ3v) is 3.41. The second-order valence-corrected chi connectivity index (χ2v) is 5.69. The van der Waals surface area contributed by atoms with E-state index in [9.17, 15) is 0 Å². The zero-order valence-electron chi connectivity index (χ0n) is 14.0. The lowest BCUT2D eigenvalue weighted by Crippen LogP contribution is -2.37. The number of nitrogens with zero attached hydrogens (tertiary/aromatic N) is 1. The van der Waals surface area contributed by atoms with Gasteiger partial charge in [-0.2, -0.15) is 0 Å². The van der Waals surface area contributed by atoms with Gasteiger partial charge in [0.2, 0.25) is 0 Å². The Morgan fingerprint density at radius 3 is 2.67 bits per heavy atom. The van der Waals surface area contributed by atoms with E-state index in [1.54, 1.807) is 14.2 Å². The summed E-state index contributed by atoms with van der Waals surface area (Å²) in [7, 11) is 3.50. The first-order valence-electron chi connectivity index (χ1n) is 7.64. The summed E-state index contributed by atoms with van der Waals surface area (Å²) < 4.78 is 5.35. The molecule has 1 rings (SSSR count). The Morgan fingerprint density at radius 2 is 2.05 bits per heavy atom. The summed E-state index contributed by atoms with van der Waals surface area (Å²) in [5.41, 5.74) is 2.33. The van der Waals surface area contributed by atoms with Crippen molar-refractivity contribution in [3.63, 3.8) is 0 Å². The molecule has 0 aromatic heterocycles. The molecule has 0 spiro atoms. The highest BCUT2D eigenvalue weighted by atomic mass is 16.5. The van der Waals surface area contributed by atoms with Crippen LogP contribution in [-0.2, 0) is 6.54 Å². The molecule has 4 heteroatoms. The maximum absolute atomic E-state index is 5.35. The molecule has 2 N–H and O–H groups in total. The normalized spacial score (nSPS) is 11.6. The Kier molecular flexibility index (Phi) is 7.65. The Morgan fingerprint density at radius 1 is 1.29 bits per heavy atom. The minimum Gasteiger partial charge on any atom is -0.496 e. The van der Waals surface area contributed by atoms with Crippen molar-refractivity contribution in [1.82, 2.24) is 10.6 Å². The van der Waals surface area contributed by atoms with Crippen molar-refractivity contribution in [2.24, 2.45) is 10.9 Å². The second kappa shape index (κ2) is 9.27. The lowest BCUT2D eigenvalue weighted by molar-refractivity contribution is 0.411. The monoisotopic (exact) mass is 291 g/mol. The van der Waals surface area contributed by atoms with Crippen LogP contribution in [0, 0.1) is 12.8 Å². The third kappa shape index (κ3) is 6.52. The maximum atomic E-state index is 5.35. The van der Waals surface area contributed by atoms with E-state index in [1.807, 2.05) is 6.92 Å². The van der Waals surface area contributed by atoms with Crippen LogP contribution >= 0.6 is 0 Å². The molecule has 0 radical (unpaired) electrons. The number of ether oxygens (including phenoxy) is 1. The molecule has 0 saturated carbocycles. The van der Waals surface area contributed by atoms with E-state index in [1.165, 1.54) is 12.0 Å². The quantitative estimate of drug-likeness (QED) is 0.461. The summed E-state index contributed by atoms with van der Waals surface area (Å²) in [6.07, 6.45) is 2.40. The van der Waals surface area contributed by atoms with Crippen LogP contribution in [0.1, 0.15) is 37.8 Å². The first-order chi connectivity index (χ1) is 10.1. The van der Waals surface area contributed by atoms with Crippen molar-refractivity contribution >= 4 is 5.96 Å². The highest BCUT2D eigenvalue weighted by molar-refractivity contribution is 5.79. The van der Waals surface area contributed by atoms with Crippen molar-refractivity contribution in [2.75, 3.05) is 20.7 Å². The van der Waals surface area contributed by atoms with E-state index in [0.29, 0.717) is 0 Å². The molecule has 0 aliphatic heterocycles. The first kappa shape index (κ1) is 17.3. The summed E-state index contributed by atoms with van der Waals surface area (Å²) in [6, 6.07) is 6.25. The zero-order chi connectivity index (χ0) is 15.7. The van der Waals surface area contributed by atoms with Gasteiger partial charge < -0.3 is 15.4 Å². The average molecular weight is 291 g/mol. The number of rotatable bonds is 7. The van der Waals surface area contributed by atoms with Crippen LogP contribution in [0.4, 0.5) is 0 Å². The molecule has 1 aromatic carbocycles. The molecular weight excluding hydrogens is 262 g/mol. The fourth-order valence-electron chi connectivity index (χ4n) is 2.10. The molecule has 21 heavy (non-hydrogen) atoms. The molecule has 4 nitrogen and oxygen atoms in total. The van der Waals surface area contributed by atoms with E-state index in [0.717, 1.165) is 42.7 Å². The van der Waals surface area contributed by atoms with E-state index in [2.05, 4.69) is 47.7 Å². The van der Waals surface area contributed by atoms with Gasteiger partial charge in [0.15, 0.2) is 5.96 Å². The fraction of sp³-hybridized carbons (Fsp3) is 0.588. The minimum atomic E-state index is 0.737. The van der Waals surface area contributed by atoms with Crippen LogP contribution in [0.25, 0.3) is 0 Å². The molecule has 0 saturated heterocycles. The van der Waals surface area contributed by atoms with Crippen LogP contribution in [0.2, 0.25) is 0 Å². The molecule has 0 unspecified atom stereocenters. The Labute approximate surface area is 129 Å². The van der Waals surface area contributed by atoms with Gasteiger partial charge >= 0.3 is 0 Å². The van der Waals surface area contributed by atoms with Gasteiger partial charge in [-0.25, -0.2) is 0 Å². The topological polar surface area (TPSA) is 45.7 Å². The Balaban J connectivity index is 2.41. The van der Waals surface area contributed by atoms with Gasteiger partial charge in [-0.05, 0) is 42.9 Å². The van der Waals surface area contributed by atoms with Crippen molar-refractivity contribution in [3.05, 3.63) is 29.3 Å². The lowest BCUT2D eigenvalue weighted by Gasteiger charge is -2.13. The van der Waals surface area contributed by atoms with Crippen LogP contribution in [0.15, 0.2) is 23.2 Å². The molecule has 118 valence electrons. The smallest absolute Gasteiger partial charge is 0.191 e. The molecule has 0 fully saturated rings. The van der Waals surface area contributed by atoms with E-state index >= 15 is 0 Å². The van der Waals surface area contributed by atoms with Crippen molar-refractivity contribution < 1.29 is 4.74 Å². The minimum absolute atomic E-state index is 0.737. The van der Waals surface area contributed by atoms with Crippen LogP contribution in [0.3, 0.4) is 0 Å². The molecule has 0 amide bonds. The van der Waals surface area contributed by atoms with Crippen molar-refractivity contribution in [3.8, 4) is 5.75 Å². The summed E-state index contributed by atoms with van der Waals surface area (Å²) in [5.74, 6) is 2.52. The van der Waals surface area contributed by atoms with Gasteiger partial charge in [0.25, 0.3) is 0 Å². The number of aryl methyl sites for hydroxylation is 1. The Bertz CT molecular complexity index is 455. The summed E-state index contributed by atoms with van der Waals surface area (Å²) >= 11 is 0. The zero-order valence-corrected chi connectivity index (χ0v) is 14.0. The maximum Gasteiger partial charge on any atom is 0.191 e. The van der Waals surface area contributed by atoms with Crippen LogP contribution in [0.5, 0.6) is 5.75 Å². The number of methoxy groups -OCH3 is 1. The third-order valence-electron chi connectivity index (χ3n) is 3.41. The predicted octanol–water partition coefficient (Wildman–Crippen LogP) is 3.10. The molecule has 0 heterocycles. The summed E-state index contributed by atoms with van der Waals surface area (Å²) in [6.45, 7) is 8.23. The fourth-order valence-corrected chi connectivity index (χ4v) is 2.10. The van der Waals surface area contributed by atoms with Crippen LogP contribution in [-0.4, -0.2) is 26.7 Å². The highest BCUT2D eigenvalue weighted by Crippen LogP contribution is 2.18. The summed E-state index contributed by atoms with van der Waals surface area (Å²) in [4.78, 5) is 4.24. The number of benzene rings is 1. The summed E-state index contributed by atoms with van der Waals surface area (Å²) in [5, 5.41) is 6.67. The largest absolute Gasteiger partial charge is 0.496 e. The molecule has 0 aliphatic carbocycles. The average Bonchev–Trinajstić information content (AvgIpc) is 2.47. The van der Waals surface area contributed by atoms with E-state index in [-0.39, 0.29) is 0 Å². The molecule has 0 aliphatic rings. The van der Waals surface area contributed by atoms with Crippen molar-refractivity contribution in [2.45, 2.75) is 40.2 Å². The van der Waals surface area contributed by atoms with Gasteiger partial charge in [-0.3, -0.25) is 4.99 Å². The number of nitrogens with one attached hydrogen (secondary N) is 2. The number of aliphatic imine (C=N–C) groups is 1. The number of guanidine groups is 1. The standard InChI is InChI=1S/C17H29N3O/c1-13(2)7-6-10-19-17(18-4)20-12-15-9-8-14(3)16(11-15)21-5/h8-9,11,13H,6-7,10,12H2,1-5H3,(H2,18,19,20). The highest BCUT2D eigenvalue weighted by Gasteiger charge is 2.02. The molecule has 0 atom stereocenters. The van der Waals surface area contributed by atoms with Crippen molar-refractivity contribution in [1.29, 1.82) is 0 Å². The van der Waals surface area contributed by atoms with Gasteiger partial charge in [0, 0.05) is 20.1 Å². The predicted molar refractivity (Wildman–Crippen MR) is 90.0 cm³/mol. The van der Waals surface area contributed by atoms with Gasteiger partial charge in [-0.1, -0.05) is 26.0 Å². The number of hydrogen-bond acceptors (Lipinski definition) is 2. The lowest BCUT2D eigenvalue weighted by atomic mass is 10.1.